The SMILES string of the molecule is Cn1cc(CN2CCC3CNCC3C2)c(C(C)(C)C)n1. The molecular formula is C16H28N4. The standard InChI is InChI=1S/C16H28N4/c1-16(2,3)15-14(9-19(4)18-15)11-20-6-5-12-7-17-8-13(12)10-20/h9,12-13,17H,5-8,10-11H2,1-4H3. The second-order valence-electron chi connectivity index (χ2n) is 7.63. The van der Waals surface area contributed by atoms with Crippen LogP contribution in [0.25, 0.3) is 0 Å². The van der Waals surface area contributed by atoms with Gasteiger partial charge in [0, 0.05) is 37.3 Å². The molecule has 4 heteroatoms. The molecule has 112 valence electrons. The Kier molecular flexibility index (Phi) is 3.63. The minimum absolute atomic E-state index is 0.129. The van der Waals surface area contributed by atoms with Crippen molar-refractivity contribution in [1.29, 1.82) is 0 Å². The van der Waals surface area contributed by atoms with Gasteiger partial charge in [-0.1, -0.05) is 20.8 Å². The number of nitrogens with zero attached hydrogens (tertiary/aromatic N) is 3. The molecule has 0 amide bonds. The zero-order valence-corrected chi connectivity index (χ0v) is 13.3. The van der Waals surface area contributed by atoms with Crippen LogP contribution >= 0.6 is 0 Å². The number of nitrogens with one attached hydrogen (secondary N) is 1. The molecule has 0 aliphatic carbocycles. The molecule has 3 rings (SSSR count). The summed E-state index contributed by atoms with van der Waals surface area (Å²) >= 11 is 0. The molecular weight excluding hydrogens is 248 g/mol. The summed E-state index contributed by atoms with van der Waals surface area (Å²) in [7, 11) is 2.03. The summed E-state index contributed by atoms with van der Waals surface area (Å²) < 4.78 is 1.97. The molecule has 2 saturated heterocycles. The summed E-state index contributed by atoms with van der Waals surface area (Å²) in [5.74, 6) is 1.78. The smallest absolute Gasteiger partial charge is 0.0722 e. The summed E-state index contributed by atoms with van der Waals surface area (Å²) in [6.07, 6.45) is 3.56. The topological polar surface area (TPSA) is 33.1 Å². The first kappa shape index (κ1) is 14.1. The average Bonchev–Trinajstić information content (AvgIpc) is 2.94. The molecule has 2 aliphatic rings. The third-order valence-electron chi connectivity index (χ3n) is 4.80. The molecule has 0 saturated carbocycles. The molecule has 2 aliphatic heterocycles. The van der Waals surface area contributed by atoms with E-state index in [1.807, 2.05) is 11.7 Å². The first-order valence-electron chi connectivity index (χ1n) is 7.89. The first-order chi connectivity index (χ1) is 9.43. The predicted molar refractivity (Wildman–Crippen MR) is 81.7 cm³/mol. The maximum Gasteiger partial charge on any atom is 0.0722 e. The normalized spacial score (nSPS) is 27.8. The second kappa shape index (κ2) is 5.15. The number of hydrogen-bond donors (Lipinski definition) is 1. The van der Waals surface area contributed by atoms with Gasteiger partial charge in [0.2, 0.25) is 0 Å². The van der Waals surface area contributed by atoms with Crippen molar-refractivity contribution in [2.24, 2.45) is 18.9 Å². The maximum absolute atomic E-state index is 4.69. The minimum atomic E-state index is 0.129. The Morgan fingerprint density at radius 1 is 1.30 bits per heavy atom. The molecule has 1 N–H and O–H groups in total. The fourth-order valence-electron chi connectivity index (χ4n) is 3.78. The number of piperidine rings is 1. The maximum atomic E-state index is 4.69. The second-order valence-corrected chi connectivity index (χ2v) is 7.63. The van der Waals surface area contributed by atoms with Gasteiger partial charge in [-0.25, -0.2) is 0 Å². The van der Waals surface area contributed by atoms with E-state index in [4.69, 9.17) is 5.10 Å². The highest BCUT2D eigenvalue weighted by Crippen LogP contribution is 2.29. The van der Waals surface area contributed by atoms with E-state index in [1.54, 1.807) is 0 Å². The number of hydrogen-bond acceptors (Lipinski definition) is 3. The first-order valence-corrected chi connectivity index (χ1v) is 7.89. The molecule has 4 nitrogen and oxygen atoms in total. The molecule has 0 bridgehead atoms. The van der Waals surface area contributed by atoms with Crippen LogP contribution in [0, 0.1) is 11.8 Å². The highest BCUT2D eigenvalue weighted by Gasteiger charge is 2.33. The summed E-state index contributed by atoms with van der Waals surface area (Å²) in [6, 6.07) is 0. The van der Waals surface area contributed by atoms with Crippen LogP contribution in [0.2, 0.25) is 0 Å². The van der Waals surface area contributed by atoms with E-state index in [0.29, 0.717) is 0 Å². The van der Waals surface area contributed by atoms with E-state index in [1.165, 1.54) is 43.9 Å². The lowest BCUT2D eigenvalue weighted by Gasteiger charge is -2.34. The number of fused-ring (bicyclic) bond motifs is 1. The monoisotopic (exact) mass is 276 g/mol. The lowest BCUT2D eigenvalue weighted by atomic mass is 9.87. The van der Waals surface area contributed by atoms with E-state index < -0.39 is 0 Å². The highest BCUT2D eigenvalue weighted by atomic mass is 15.3. The van der Waals surface area contributed by atoms with Gasteiger partial charge in [0.25, 0.3) is 0 Å². The van der Waals surface area contributed by atoms with Gasteiger partial charge in [0.05, 0.1) is 5.69 Å². The molecule has 2 atom stereocenters. The van der Waals surface area contributed by atoms with Gasteiger partial charge >= 0.3 is 0 Å². The average molecular weight is 276 g/mol. The summed E-state index contributed by atoms with van der Waals surface area (Å²) in [5, 5.41) is 8.24. The number of aryl methyl sites for hydroxylation is 1. The Labute approximate surface area is 122 Å². The van der Waals surface area contributed by atoms with Crippen LogP contribution < -0.4 is 5.32 Å². The van der Waals surface area contributed by atoms with E-state index >= 15 is 0 Å². The minimum Gasteiger partial charge on any atom is -0.316 e. The van der Waals surface area contributed by atoms with Gasteiger partial charge in [-0.05, 0) is 37.9 Å². The van der Waals surface area contributed by atoms with Crippen LogP contribution in [0.4, 0.5) is 0 Å². The van der Waals surface area contributed by atoms with E-state index in [-0.39, 0.29) is 5.41 Å². The Bertz CT molecular complexity index is 471. The molecule has 3 heterocycles. The zero-order chi connectivity index (χ0) is 14.3. The third kappa shape index (κ3) is 2.77. The number of aromatic nitrogens is 2. The molecule has 0 aromatic carbocycles. The zero-order valence-electron chi connectivity index (χ0n) is 13.3. The van der Waals surface area contributed by atoms with Crippen LogP contribution in [-0.2, 0) is 19.0 Å². The van der Waals surface area contributed by atoms with Gasteiger partial charge in [0.15, 0.2) is 0 Å². The van der Waals surface area contributed by atoms with E-state index in [9.17, 15) is 0 Å². The van der Waals surface area contributed by atoms with Crippen molar-refractivity contribution >= 4 is 0 Å². The fraction of sp³-hybridized carbons (Fsp3) is 0.812. The van der Waals surface area contributed by atoms with Crippen LogP contribution in [0.1, 0.15) is 38.4 Å². The van der Waals surface area contributed by atoms with Gasteiger partial charge in [-0.15, -0.1) is 0 Å². The largest absolute Gasteiger partial charge is 0.316 e. The third-order valence-corrected chi connectivity index (χ3v) is 4.80. The number of likely N-dealkylation sites (tertiary alicyclic amines) is 1. The van der Waals surface area contributed by atoms with Crippen LogP contribution in [-0.4, -0.2) is 40.9 Å². The molecule has 1 aromatic rings. The predicted octanol–water partition coefficient (Wildman–Crippen LogP) is 1.76. The van der Waals surface area contributed by atoms with Gasteiger partial charge in [-0.2, -0.15) is 5.10 Å². The Hall–Kier alpha value is -0.870. The molecule has 2 unspecified atom stereocenters. The number of rotatable bonds is 2. The van der Waals surface area contributed by atoms with E-state index in [0.717, 1.165) is 18.4 Å². The van der Waals surface area contributed by atoms with Gasteiger partial charge in [0.1, 0.15) is 0 Å². The Morgan fingerprint density at radius 3 is 2.80 bits per heavy atom. The van der Waals surface area contributed by atoms with Crippen molar-refractivity contribution in [2.75, 3.05) is 26.2 Å². The summed E-state index contributed by atoms with van der Waals surface area (Å²) in [4.78, 5) is 2.63. The summed E-state index contributed by atoms with van der Waals surface area (Å²) in [6.45, 7) is 12.8. The van der Waals surface area contributed by atoms with Crippen molar-refractivity contribution in [1.82, 2.24) is 20.0 Å². The fourth-order valence-corrected chi connectivity index (χ4v) is 3.78. The summed E-state index contributed by atoms with van der Waals surface area (Å²) in [5.41, 5.74) is 2.79. The van der Waals surface area contributed by atoms with Crippen molar-refractivity contribution in [3.05, 3.63) is 17.5 Å². The lowest BCUT2D eigenvalue weighted by molar-refractivity contribution is 0.141. The molecule has 0 radical (unpaired) electrons. The van der Waals surface area contributed by atoms with Crippen LogP contribution in [0.3, 0.4) is 0 Å². The molecule has 1 aromatic heterocycles. The van der Waals surface area contributed by atoms with Gasteiger partial charge in [-0.3, -0.25) is 9.58 Å². The molecule has 2 fully saturated rings. The Balaban J connectivity index is 1.72. The van der Waals surface area contributed by atoms with Crippen molar-refractivity contribution in [2.45, 2.75) is 39.2 Å². The Morgan fingerprint density at radius 2 is 2.05 bits per heavy atom. The van der Waals surface area contributed by atoms with Crippen molar-refractivity contribution in [3.8, 4) is 0 Å². The van der Waals surface area contributed by atoms with Crippen LogP contribution in [0.5, 0.6) is 0 Å². The van der Waals surface area contributed by atoms with E-state index in [2.05, 4.69) is 37.2 Å². The highest BCUT2D eigenvalue weighted by molar-refractivity contribution is 5.24. The van der Waals surface area contributed by atoms with Crippen molar-refractivity contribution in [3.63, 3.8) is 0 Å². The van der Waals surface area contributed by atoms with Crippen molar-refractivity contribution < 1.29 is 0 Å². The quantitative estimate of drug-likeness (QED) is 0.893. The molecule has 0 spiro atoms. The molecule has 20 heavy (non-hydrogen) atoms. The van der Waals surface area contributed by atoms with Crippen LogP contribution in [0.15, 0.2) is 6.20 Å². The van der Waals surface area contributed by atoms with Gasteiger partial charge < -0.3 is 5.32 Å². The lowest BCUT2D eigenvalue weighted by Crippen LogP contribution is -2.39.